The normalized spacial score (nSPS) is 10.5. The van der Waals surface area contributed by atoms with Gasteiger partial charge >= 0.3 is 6.01 Å². The molecule has 0 aliphatic carbocycles. The highest BCUT2D eigenvalue weighted by atomic mass is 16.5. The number of rotatable bonds is 6. The van der Waals surface area contributed by atoms with E-state index in [-0.39, 0.29) is 0 Å². The quantitative estimate of drug-likeness (QED) is 0.737. The lowest BCUT2D eigenvalue weighted by molar-refractivity contribution is 0.403. The Morgan fingerprint density at radius 3 is 2.50 bits per heavy atom. The van der Waals surface area contributed by atoms with Crippen molar-refractivity contribution in [2.24, 2.45) is 0 Å². The highest BCUT2D eigenvalue weighted by Gasteiger charge is 2.14. The Morgan fingerprint density at radius 1 is 1.04 bits per heavy atom. The van der Waals surface area contributed by atoms with Crippen molar-refractivity contribution in [3.8, 4) is 22.9 Å². The molecule has 0 saturated heterocycles. The summed E-state index contributed by atoms with van der Waals surface area (Å²) in [6.07, 6.45) is 1.00. The molecule has 0 fully saturated rings. The number of benzene rings is 2. The van der Waals surface area contributed by atoms with Crippen LogP contribution in [0.3, 0.4) is 0 Å². The molecule has 24 heavy (non-hydrogen) atoms. The van der Waals surface area contributed by atoms with Gasteiger partial charge in [0.05, 0.1) is 19.8 Å². The number of nitrogens with one attached hydrogen (secondary N) is 1. The molecule has 0 atom stereocenters. The van der Waals surface area contributed by atoms with Gasteiger partial charge in [0.1, 0.15) is 11.5 Å². The van der Waals surface area contributed by atoms with Crippen LogP contribution in [0.25, 0.3) is 11.4 Å². The van der Waals surface area contributed by atoms with Crippen molar-refractivity contribution < 1.29 is 14.0 Å². The summed E-state index contributed by atoms with van der Waals surface area (Å²) in [5.41, 5.74) is 2.86. The predicted molar refractivity (Wildman–Crippen MR) is 91.9 cm³/mol. The molecule has 0 unspecified atom stereocenters. The highest BCUT2D eigenvalue weighted by Crippen LogP contribution is 2.32. The molecule has 1 N–H and O–H groups in total. The average Bonchev–Trinajstić information content (AvgIpc) is 3.10. The Morgan fingerprint density at radius 2 is 1.83 bits per heavy atom. The molecule has 2 aromatic carbocycles. The molecule has 1 heterocycles. The lowest BCUT2D eigenvalue weighted by Crippen LogP contribution is -1.93. The number of nitrogens with zero attached hydrogens (tertiary/aromatic N) is 2. The van der Waals surface area contributed by atoms with Gasteiger partial charge in [0.25, 0.3) is 0 Å². The first-order valence-corrected chi connectivity index (χ1v) is 7.65. The lowest BCUT2D eigenvalue weighted by Gasteiger charge is -2.07. The van der Waals surface area contributed by atoms with Gasteiger partial charge in [0.15, 0.2) is 0 Å². The van der Waals surface area contributed by atoms with E-state index in [1.54, 1.807) is 20.3 Å². The topological polar surface area (TPSA) is 69.4 Å². The second-order valence-electron chi connectivity index (χ2n) is 5.16. The van der Waals surface area contributed by atoms with Crippen LogP contribution in [0.2, 0.25) is 0 Å². The first-order chi connectivity index (χ1) is 11.7. The molecule has 0 amide bonds. The van der Waals surface area contributed by atoms with Gasteiger partial charge in [-0.1, -0.05) is 24.2 Å². The van der Waals surface area contributed by atoms with Crippen molar-refractivity contribution in [2.45, 2.75) is 13.3 Å². The zero-order chi connectivity index (χ0) is 16.9. The SMILES string of the molecule is CCc1ccc(Nc2nc(-c3cc(OC)ccc3OC)no2)cc1. The molecule has 6 nitrogen and oxygen atoms in total. The van der Waals surface area contributed by atoms with E-state index in [9.17, 15) is 0 Å². The Labute approximate surface area is 140 Å². The number of ether oxygens (including phenoxy) is 2. The summed E-state index contributed by atoms with van der Waals surface area (Å²) in [7, 11) is 3.20. The number of aryl methyl sites for hydroxylation is 1. The van der Waals surface area contributed by atoms with E-state index in [0.29, 0.717) is 28.9 Å². The molecule has 0 radical (unpaired) electrons. The molecular formula is C18H19N3O3. The van der Waals surface area contributed by atoms with Crippen LogP contribution in [0, 0.1) is 0 Å². The van der Waals surface area contributed by atoms with E-state index in [0.717, 1.165) is 12.1 Å². The van der Waals surface area contributed by atoms with Crippen LogP contribution >= 0.6 is 0 Å². The van der Waals surface area contributed by atoms with Crippen molar-refractivity contribution in [2.75, 3.05) is 19.5 Å². The first kappa shape index (κ1) is 15.9. The first-order valence-electron chi connectivity index (χ1n) is 7.65. The average molecular weight is 325 g/mol. The summed E-state index contributed by atoms with van der Waals surface area (Å²) in [4.78, 5) is 4.38. The number of anilines is 2. The molecule has 3 rings (SSSR count). The van der Waals surface area contributed by atoms with Gasteiger partial charge in [-0.2, -0.15) is 4.98 Å². The van der Waals surface area contributed by atoms with Crippen molar-refractivity contribution in [1.82, 2.24) is 10.1 Å². The fourth-order valence-electron chi connectivity index (χ4n) is 2.32. The van der Waals surface area contributed by atoms with E-state index in [4.69, 9.17) is 14.0 Å². The van der Waals surface area contributed by atoms with Crippen LogP contribution in [0.5, 0.6) is 11.5 Å². The third kappa shape index (κ3) is 3.32. The van der Waals surface area contributed by atoms with E-state index < -0.39 is 0 Å². The predicted octanol–water partition coefficient (Wildman–Crippen LogP) is 4.06. The Bertz CT molecular complexity index is 813. The summed E-state index contributed by atoms with van der Waals surface area (Å²) < 4.78 is 15.9. The van der Waals surface area contributed by atoms with Crippen LogP contribution < -0.4 is 14.8 Å². The van der Waals surface area contributed by atoms with Crippen molar-refractivity contribution in [1.29, 1.82) is 0 Å². The third-order valence-corrected chi connectivity index (χ3v) is 3.69. The summed E-state index contributed by atoms with van der Waals surface area (Å²) in [6, 6.07) is 13.8. The zero-order valence-electron chi connectivity index (χ0n) is 13.9. The molecule has 3 aromatic rings. The number of hydrogen-bond donors (Lipinski definition) is 1. The maximum absolute atomic E-state index is 5.35. The Kier molecular flexibility index (Phi) is 4.65. The molecule has 6 heteroatoms. The monoisotopic (exact) mass is 325 g/mol. The molecule has 0 saturated carbocycles. The summed E-state index contributed by atoms with van der Waals surface area (Å²) in [5.74, 6) is 1.77. The van der Waals surface area contributed by atoms with Gasteiger partial charge in [-0.05, 0) is 42.3 Å². The summed E-state index contributed by atoms with van der Waals surface area (Å²) in [6.45, 7) is 2.12. The van der Waals surface area contributed by atoms with Gasteiger partial charge in [0, 0.05) is 5.69 Å². The molecule has 0 aliphatic rings. The second kappa shape index (κ2) is 7.04. The fraction of sp³-hybridized carbons (Fsp3) is 0.222. The molecule has 1 aromatic heterocycles. The van der Waals surface area contributed by atoms with Crippen LogP contribution in [-0.4, -0.2) is 24.4 Å². The summed E-state index contributed by atoms with van der Waals surface area (Å²) in [5, 5.41) is 7.12. The Hall–Kier alpha value is -3.02. The van der Waals surface area contributed by atoms with Crippen molar-refractivity contribution >= 4 is 11.7 Å². The number of hydrogen-bond acceptors (Lipinski definition) is 6. The highest BCUT2D eigenvalue weighted by molar-refractivity contribution is 5.67. The standard InChI is InChI=1S/C18H19N3O3/c1-4-12-5-7-13(8-6-12)19-18-20-17(21-24-18)15-11-14(22-2)9-10-16(15)23-3/h5-11H,4H2,1-3H3,(H,19,20,21). The van der Waals surface area contributed by atoms with Gasteiger partial charge in [0.2, 0.25) is 5.82 Å². The smallest absolute Gasteiger partial charge is 0.326 e. The van der Waals surface area contributed by atoms with Crippen molar-refractivity contribution in [3.05, 3.63) is 48.0 Å². The second-order valence-corrected chi connectivity index (χ2v) is 5.16. The van der Waals surface area contributed by atoms with Gasteiger partial charge in [-0.3, -0.25) is 0 Å². The maximum Gasteiger partial charge on any atom is 0.326 e. The van der Waals surface area contributed by atoms with Crippen LogP contribution in [0.4, 0.5) is 11.7 Å². The largest absolute Gasteiger partial charge is 0.497 e. The van der Waals surface area contributed by atoms with E-state index >= 15 is 0 Å². The van der Waals surface area contributed by atoms with Crippen LogP contribution in [0.15, 0.2) is 47.0 Å². The van der Waals surface area contributed by atoms with Crippen LogP contribution in [-0.2, 0) is 6.42 Å². The van der Waals surface area contributed by atoms with Gasteiger partial charge < -0.3 is 19.3 Å². The number of aromatic nitrogens is 2. The molecule has 0 bridgehead atoms. The molecule has 124 valence electrons. The van der Waals surface area contributed by atoms with Crippen LogP contribution in [0.1, 0.15) is 12.5 Å². The zero-order valence-corrected chi connectivity index (χ0v) is 13.9. The van der Waals surface area contributed by atoms with Crippen molar-refractivity contribution in [3.63, 3.8) is 0 Å². The van der Waals surface area contributed by atoms with E-state index in [1.807, 2.05) is 24.3 Å². The third-order valence-electron chi connectivity index (χ3n) is 3.69. The minimum atomic E-state index is 0.319. The van der Waals surface area contributed by atoms with E-state index in [1.165, 1.54) is 5.56 Å². The summed E-state index contributed by atoms with van der Waals surface area (Å²) >= 11 is 0. The minimum Gasteiger partial charge on any atom is -0.497 e. The van der Waals surface area contributed by atoms with Gasteiger partial charge in [-0.15, -0.1) is 0 Å². The minimum absolute atomic E-state index is 0.319. The Balaban J connectivity index is 1.84. The fourth-order valence-corrected chi connectivity index (χ4v) is 2.32. The van der Waals surface area contributed by atoms with E-state index in [2.05, 4.69) is 34.5 Å². The lowest BCUT2D eigenvalue weighted by atomic mass is 10.1. The molecular weight excluding hydrogens is 306 g/mol. The molecule has 0 spiro atoms. The molecule has 0 aliphatic heterocycles. The number of methoxy groups -OCH3 is 2. The van der Waals surface area contributed by atoms with Gasteiger partial charge in [-0.25, -0.2) is 0 Å². The maximum atomic E-state index is 5.35.